The third-order valence-electron chi connectivity index (χ3n) is 3.28. The van der Waals surface area contributed by atoms with Gasteiger partial charge in [0.05, 0.1) is 5.41 Å². The van der Waals surface area contributed by atoms with E-state index in [1.165, 1.54) is 6.08 Å². The first-order chi connectivity index (χ1) is 7.91. The Labute approximate surface area is 101 Å². The third kappa shape index (κ3) is 2.75. The molecule has 0 saturated heterocycles. The van der Waals surface area contributed by atoms with Crippen LogP contribution in [0.25, 0.3) is 0 Å². The van der Waals surface area contributed by atoms with E-state index in [2.05, 4.69) is 0 Å². The summed E-state index contributed by atoms with van der Waals surface area (Å²) < 4.78 is 0. The van der Waals surface area contributed by atoms with Crippen LogP contribution >= 0.6 is 0 Å². The highest BCUT2D eigenvalue weighted by atomic mass is 16.4. The molecule has 0 aromatic carbocycles. The van der Waals surface area contributed by atoms with Crippen LogP contribution in [0.4, 0.5) is 0 Å². The van der Waals surface area contributed by atoms with Crippen LogP contribution in [0.3, 0.4) is 0 Å². The zero-order valence-electron chi connectivity index (χ0n) is 10.2. The molecule has 1 unspecified atom stereocenters. The van der Waals surface area contributed by atoms with Gasteiger partial charge in [-0.25, -0.2) is 4.79 Å². The highest BCUT2D eigenvalue weighted by molar-refractivity contribution is 5.90. The molecular formula is C13H18O4. The van der Waals surface area contributed by atoms with E-state index < -0.39 is 17.4 Å². The number of carboxylic acids is 2. The molecule has 1 aliphatic carbocycles. The van der Waals surface area contributed by atoms with Gasteiger partial charge in [-0.2, -0.15) is 0 Å². The minimum atomic E-state index is -1.07. The van der Waals surface area contributed by atoms with Gasteiger partial charge in [-0.1, -0.05) is 31.1 Å². The van der Waals surface area contributed by atoms with Gasteiger partial charge in [0.25, 0.3) is 0 Å². The quantitative estimate of drug-likeness (QED) is 0.772. The van der Waals surface area contributed by atoms with E-state index >= 15 is 0 Å². The number of aliphatic carboxylic acids is 2. The minimum Gasteiger partial charge on any atom is -0.481 e. The van der Waals surface area contributed by atoms with Crippen molar-refractivity contribution in [3.8, 4) is 0 Å². The van der Waals surface area contributed by atoms with Gasteiger partial charge in [-0.05, 0) is 26.2 Å². The Hall–Kier alpha value is -1.58. The Morgan fingerprint density at radius 3 is 2.47 bits per heavy atom. The summed E-state index contributed by atoms with van der Waals surface area (Å²) in [6, 6.07) is 0. The normalized spacial score (nSPS) is 23.9. The highest BCUT2D eigenvalue weighted by Crippen LogP contribution is 2.40. The summed E-state index contributed by atoms with van der Waals surface area (Å²) in [5.41, 5.74) is -0.0931. The zero-order chi connectivity index (χ0) is 13.1. The molecule has 0 aromatic rings. The maximum absolute atomic E-state index is 11.4. The van der Waals surface area contributed by atoms with Crippen LogP contribution in [0.15, 0.2) is 23.3 Å². The lowest BCUT2D eigenvalue weighted by molar-refractivity contribution is -0.146. The largest absolute Gasteiger partial charge is 0.481 e. The van der Waals surface area contributed by atoms with Gasteiger partial charge in [0.1, 0.15) is 0 Å². The fourth-order valence-corrected chi connectivity index (χ4v) is 2.02. The van der Waals surface area contributed by atoms with E-state index in [-0.39, 0.29) is 12.0 Å². The fraction of sp³-hybridized carbons (Fsp3) is 0.538. The number of unbranched alkanes of at least 4 members (excludes halogenated alkanes) is 1. The van der Waals surface area contributed by atoms with Crippen LogP contribution in [-0.4, -0.2) is 22.2 Å². The van der Waals surface area contributed by atoms with Crippen LogP contribution < -0.4 is 0 Å². The predicted molar refractivity (Wildman–Crippen MR) is 63.7 cm³/mol. The molecule has 0 aliphatic heterocycles. The molecular weight excluding hydrogens is 220 g/mol. The van der Waals surface area contributed by atoms with Crippen molar-refractivity contribution in [2.24, 2.45) is 5.41 Å². The van der Waals surface area contributed by atoms with Crippen molar-refractivity contribution in [2.45, 2.75) is 39.5 Å². The number of allylic oxidation sites excluding steroid dienone is 2. The summed E-state index contributed by atoms with van der Waals surface area (Å²) >= 11 is 0. The summed E-state index contributed by atoms with van der Waals surface area (Å²) in [5, 5.41) is 18.2. The van der Waals surface area contributed by atoms with Gasteiger partial charge in [0.2, 0.25) is 0 Å². The van der Waals surface area contributed by atoms with Crippen molar-refractivity contribution >= 4 is 11.9 Å². The van der Waals surface area contributed by atoms with E-state index in [0.717, 1.165) is 18.4 Å². The summed E-state index contributed by atoms with van der Waals surface area (Å²) in [6.45, 7) is 3.65. The Morgan fingerprint density at radius 2 is 2.00 bits per heavy atom. The monoisotopic (exact) mass is 238 g/mol. The van der Waals surface area contributed by atoms with Crippen molar-refractivity contribution < 1.29 is 19.8 Å². The Balaban J connectivity index is 3.03. The molecule has 0 bridgehead atoms. The van der Waals surface area contributed by atoms with Crippen LogP contribution in [0.1, 0.15) is 39.5 Å². The lowest BCUT2D eigenvalue weighted by Crippen LogP contribution is -2.33. The van der Waals surface area contributed by atoms with Crippen molar-refractivity contribution in [2.75, 3.05) is 0 Å². The van der Waals surface area contributed by atoms with Crippen molar-refractivity contribution in [3.63, 3.8) is 0 Å². The third-order valence-corrected chi connectivity index (χ3v) is 3.28. The van der Waals surface area contributed by atoms with E-state index in [0.29, 0.717) is 6.42 Å². The molecule has 0 amide bonds. The second-order valence-electron chi connectivity index (χ2n) is 4.61. The number of hydrogen-bond donors (Lipinski definition) is 2. The number of rotatable bonds is 5. The first-order valence-corrected chi connectivity index (χ1v) is 5.78. The maximum Gasteiger partial charge on any atom is 0.331 e. The molecule has 0 radical (unpaired) electrons. The summed E-state index contributed by atoms with van der Waals surface area (Å²) in [6.07, 6.45) is 5.87. The van der Waals surface area contributed by atoms with Crippen LogP contribution in [0.5, 0.6) is 0 Å². The Bertz CT molecular complexity index is 392. The van der Waals surface area contributed by atoms with Crippen LogP contribution in [-0.2, 0) is 9.59 Å². The summed E-state index contributed by atoms with van der Waals surface area (Å²) in [4.78, 5) is 22.3. The molecule has 4 heteroatoms. The predicted octanol–water partition coefficient (Wildman–Crippen LogP) is 2.61. The van der Waals surface area contributed by atoms with Gasteiger partial charge in [0, 0.05) is 5.57 Å². The number of carbonyl (C=O) groups is 2. The molecule has 0 saturated carbocycles. The number of carboxylic acid groups (broad SMARTS) is 2. The number of hydrogen-bond acceptors (Lipinski definition) is 2. The van der Waals surface area contributed by atoms with Crippen molar-refractivity contribution in [3.05, 3.63) is 23.3 Å². The lowest BCUT2D eigenvalue weighted by atomic mass is 9.72. The molecule has 0 fully saturated rings. The van der Waals surface area contributed by atoms with Gasteiger partial charge in [-0.15, -0.1) is 0 Å². The molecule has 0 aromatic heterocycles. The lowest BCUT2D eigenvalue weighted by Gasteiger charge is -2.31. The summed E-state index contributed by atoms with van der Waals surface area (Å²) in [5.74, 6) is -1.99. The first kappa shape index (κ1) is 13.5. The average molecular weight is 238 g/mol. The standard InChI is InChI=1S/C13H18O4/c1-3-4-5-10-7-6-9(11(14)15)8-13(10,2)12(16)17/h6-7H,3-5,8H2,1-2H3,(H,14,15)(H,16,17). The molecule has 2 N–H and O–H groups in total. The second-order valence-corrected chi connectivity index (χ2v) is 4.61. The molecule has 1 atom stereocenters. The summed E-state index contributed by atoms with van der Waals surface area (Å²) in [7, 11) is 0. The molecule has 1 aliphatic rings. The second kappa shape index (κ2) is 5.17. The Kier molecular flexibility index (Phi) is 4.10. The Morgan fingerprint density at radius 1 is 1.35 bits per heavy atom. The first-order valence-electron chi connectivity index (χ1n) is 5.78. The highest BCUT2D eigenvalue weighted by Gasteiger charge is 2.40. The van der Waals surface area contributed by atoms with Crippen molar-refractivity contribution in [1.82, 2.24) is 0 Å². The van der Waals surface area contributed by atoms with Gasteiger partial charge < -0.3 is 10.2 Å². The van der Waals surface area contributed by atoms with E-state index in [4.69, 9.17) is 5.11 Å². The molecule has 17 heavy (non-hydrogen) atoms. The topological polar surface area (TPSA) is 74.6 Å². The molecule has 0 heterocycles. The smallest absolute Gasteiger partial charge is 0.331 e. The van der Waals surface area contributed by atoms with Gasteiger partial charge in [-0.3, -0.25) is 4.79 Å². The van der Waals surface area contributed by atoms with Gasteiger partial charge in [0.15, 0.2) is 0 Å². The van der Waals surface area contributed by atoms with Gasteiger partial charge >= 0.3 is 11.9 Å². The maximum atomic E-state index is 11.4. The van der Waals surface area contributed by atoms with Crippen LogP contribution in [0.2, 0.25) is 0 Å². The van der Waals surface area contributed by atoms with E-state index in [1.807, 2.05) is 6.92 Å². The van der Waals surface area contributed by atoms with E-state index in [1.54, 1.807) is 13.0 Å². The average Bonchev–Trinajstić information content (AvgIpc) is 2.27. The van der Waals surface area contributed by atoms with E-state index in [9.17, 15) is 14.7 Å². The molecule has 1 rings (SSSR count). The fourth-order valence-electron chi connectivity index (χ4n) is 2.02. The minimum absolute atomic E-state index is 0.0627. The molecule has 4 nitrogen and oxygen atoms in total. The van der Waals surface area contributed by atoms with Crippen molar-refractivity contribution in [1.29, 1.82) is 0 Å². The SMILES string of the molecule is CCCCC1=CC=C(C(=O)O)CC1(C)C(=O)O. The van der Waals surface area contributed by atoms with Crippen LogP contribution in [0, 0.1) is 5.41 Å². The molecule has 94 valence electrons. The molecule has 0 spiro atoms. The zero-order valence-corrected chi connectivity index (χ0v) is 10.2.